The number of nitrogens with one attached hydrogen (secondary N) is 1. The third-order valence-electron chi connectivity index (χ3n) is 5.74. The van der Waals surface area contributed by atoms with Crippen molar-refractivity contribution in [1.82, 2.24) is 10.2 Å². The van der Waals surface area contributed by atoms with E-state index in [4.69, 9.17) is 0 Å². The molecule has 2 fully saturated rings. The third kappa shape index (κ3) is 1.76. The lowest BCUT2D eigenvalue weighted by Gasteiger charge is -2.39. The van der Waals surface area contributed by atoms with Gasteiger partial charge in [0.25, 0.3) is 5.91 Å². The Hall–Kier alpha value is -2.50. The van der Waals surface area contributed by atoms with Crippen molar-refractivity contribution < 1.29 is 19.2 Å². The molecule has 124 valence electrons. The molecule has 4 amide bonds. The van der Waals surface area contributed by atoms with Crippen molar-refractivity contribution in [2.75, 3.05) is 0 Å². The fraction of sp³-hybridized carbons (Fsp3) is 0.444. The molecule has 1 aromatic carbocycles. The highest BCUT2D eigenvalue weighted by molar-refractivity contribution is 6.15. The van der Waals surface area contributed by atoms with Gasteiger partial charge in [-0.2, -0.15) is 0 Å². The van der Waals surface area contributed by atoms with E-state index in [-0.39, 0.29) is 37.0 Å². The minimum absolute atomic E-state index is 0.0969. The summed E-state index contributed by atoms with van der Waals surface area (Å²) >= 11 is 0. The summed E-state index contributed by atoms with van der Waals surface area (Å²) in [6.07, 6.45) is 1.74. The quantitative estimate of drug-likeness (QED) is 0.775. The zero-order valence-corrected chi connectivity index (χ0v) is 13.4. The Balaban J connectivity index is 1.76. The highest BCUT2D eigenvalue weighted by Gasteiger charge is 2.61. The topological polar surface area (TPSA) is 83.6 Å². The maximum absolute atomic E-state index is 13.3. The van der Waals surface area contributed by atoms with Gasteiger partial charge in [0, 0.05) is 12.8 Å². The lowest BCUT2D eigenvalue weighted by Crippen LogP contribution is -2.63. The summed E-state index contributed by atoms with van der Waals surface area (Å²) < 4.78 is 0. The van der Waals surface area contributed by atoms with Crippen molar-refractivity contribution in [3.8, 4) is 0 Å². The van der Waals surface area contributed by atoms with Crippen LogP contribution in [0.4, 0.5) is 0 Å². The van der Waals surface area contributed by atoms with E-state index in [1.165, 1.54) is 0 Å². The van der Waals surface area contributed by atoms with E-state index in [1.54, 1.807) is 6.92 Å². The number of carbonyl (C=O) groups excluding carboxylic acids is 4. The van der Waals surface area contributed by atoms with Crippen molar-refractivity contribution in [3.63, 3.8) is 0 Å². The molecular weight excluding hydrogens is 308 g/mol. The average Bonchev–Trinajstić information content (AvgIpc) is 3.04. The minimum atomic E-state index is -1.29. The second-order valence-electron chi connectivity index (χ2n) is 7.10. The molecular formula is C18H18N2O4. The van der Waals surface area contributed by atoms with Gasteiger partial charge in [-0.15, -0.1) is 0 Å². The minimum Gasteiger partial charge on any atom is -0.294 e. The Bertz CT molecular complexity index is 802. The number of carbonyl (C=O) groups is 4. The van der Waals surface area contributed by atoms with E-state index in [0.717, 1.165) is 22.4 Å². The first-order valence-electron chi connectivity index (χ1n) is 8.19. The summed E-state index contributed by atoms with van der Waals surface area (Å²) in [6, 6.07) is 7.69. The Morgan fingerprint density at radius 1 is 1.04 bits per heavy atom. The molecule has 0 radical (unpaired) electrons. The van der Waals surface area contributed by atoms with Crippen LogP contribution in [0.15, 0.2) is 24.3 Å². The molecule has 2 aliphatic heterocycles. The fourth-order valence-corrected chi connectivity index (χ4v) is 4.34. The lowest BCUT2D eigenvalue weighted by atomic mass is 9.80. The zero-order valence-electron chi connectivity index (χ0n) is 13.4. The number of piperidine rings is 1. The molecule has 1 N–H and O–H groups in total. The maximum atomic E-state index is 13.3. The molecule has 2 unspecified atom stereocenters. The standard InChI is InChI=1S/C18H18N2O4/c1-17(8-7-13(21)19-15(17)23)20-14(22)10-18(16(20)24)9-6-11-4-2-3-5-12(11)18/h2-5H,6-10H2,1H3,(H,19,21,23). The number of imide groups is 2. The summed E-state index contributed by atoms with van der Waals surface area (Å²) in [6.45, 7) is 1.57. The first-order chi connectivity index (χ1) is 11.4. The van der Waals surface area contributed by atoms with Crippen molar-refractivity contribution >= 4 is 23.6 Å². The normalized spacial score (nSPS) is 32.5. The number of benzene rings is 1. The molecule has 2 atom stereocenters. The van der Waals surface area contributed by atoms with Gasteiger partial charge in [0.2, 0.25) is 17.7 Å². The van der Waals surface area contributed by atoms with Crippen molar-refractivity contribution in [2.45, 2.75) is 50.0 Å². The summed E-state index contributed by atoms with van der Waals surface area (Å²) in [5, 5.41) is 2.26. The van der Waals surface area contributed by atoms with Crippen molar-refractivity contribution in [1.29, 1.82) is 0 Å². The van der Waals surface area contributed by atoms with Gasteiger partial charge in [0.05, 0.1) is 5.41 Å². The molecule has 1 spiro atoms. The second-order valence-corrected chi connectivity index (χ2v) is 7.10. The number of hydrogen-bond acceptors (Lipinski definition) is 4. The number of amides is 4. The van der Waals surface area contributed by atoms with E-state index >= 15 is 0 Å². The molecule has 2 heterocycles. The van der Waals surface area contributed by atoms with Crippen LogP contribution >= 0.6 is 0 Å². The Morgan fingerprint density at radius 2 is 1.79 bits per heavy atom. The van der Waals surface area contributed by atoms with Crippen LogP contribution in [0.1, 0.15) is 43.7 Å². The molecule has 6 nitrogen and oxygen atoms in total. The first-order valence-corrected chi connectivity index (χ1v) is 8.19. The molecule has 0 saturated carbocycles. The fourth-order valence-electron chi connectivity index (χ4n) is 4.34. The van der Waals surface area contributed by atoms with Gasteiger partial charge in [0.1, 0.15) is 5.54 Å². The number of likely N-dealkylation sites (tertiary alicyclic amines) is 1. The smallest absolute Gasteiger partial charge is 0.252 e. The van der Waals surface area contributed by atoms with Crippen LogP contribution < -0.4 is 5.32 Å². The van der Waals surface area contributed by atoms with Crippen molar-refractivity contribution in [3.05, 3.63) is 35.4 Å². The Kier molecular flexibility index (Phi) is 2.98. The summed E-state index contributed by atoms with van der Waals surface area (Å²) in [7, 11) is 0. The van der Waals surface area contributed by atoms with Gasteiger partial charge in [-0.05, 0) is 37.3 Å². The lowest BCUT2D eigenvalue weighted by molar-refractivity contribution is -0.158. The van der Waals surface area contributed by atoms with Gasteiger partial charge in [0.15, 0.2) is 0 Å². The number of rotatable bonds is 1. The van der Waals surface area contributed by atoms with Crippen LogP contribution in [0.3, 0.4) is 0 Å². The molecule has 3 aliphatic rings. The van der Waals surface area contributed by atoms with Gasteiger partial charge < -0.3 is 0 Å². The molecule has 2 saturated heterocycles. The Labute approximate surface area is 139 Å². The molecule has 4 rings (SSSR count). The van der Waals surface area contributed by atoms with E-state index in [9.17, 15) is 19.2 Å². The van der Waals surface area contributed by atoms with Gasteiger partial charge in [-0.1, -0.05) is 24.3 Å². The van der Waals surface area contributed by atoms with Crippen LogP contribution in [-0.4, -0.2) is 34.1 Å². The van der Waals surface area contributed by atoms with Crippen LogP contribution in [0, 0.1) is 0 Å². The zero-order chi connectivity index (χ0) is 17.1. The molecule has 1 aliphatic carbocycles. The number of hydrogen-bond donors (Lipinski definition) is 1. The number of nitrogens with zero attached hydrogens (tertiary/aromatic N) is 1. The van der Waals surface area contributed by atoms with Crippen LogP contribution in [0.5, 0.6) is 0 Å². The highest BCUT2D eigenvalue weighted by atomic mass is 16.2. The van der Waals surface area contributed by atoms with E-state index in [2.05, 4.69) is 5.32 Å². The monoisotopic (exact) mass is 326 g/mol. The van der Waals surface area contributed by atoms with Crippen molar-refractivity contribution in [2.24, 2.45) is 0 Å². The van der Waals surface area contributed by atoms with Crippen LogP contribution in [0.2, 0.25) is 0 Å². The van der Waals surface area contributed by atoms with E-state index in [1.807, 2.05) is 24.3 Å². The number of fused-ring (bicyclic) bond motifs is 2. The molecule has 0 aromatic heterocycles. The summed E-state index contributed by atoms with van der Waals surface area (Å²) in [5.74, 6) is -1.56. The SMILES string of the molecule is CC1(N2C(=O)CC3(CCc4ccccc43)C2=O)CCC(=O)NC1=O. The van der Waals surface area contributed by atoms with Gasteiger partial charge in [-0.3, -0.25) is 29.4 Å². The summed E-state index contributed by atoms with van der Waals surface area (Å²) in [5.41, 5.74) is -0.141. The van der Waals surface area contributed by atoms with Gasteiger partial charge >= 0.3 is 0 Å². The maximum Gasteiger partial charge on any atom is 0.252 e. The predicted octanol–water partition coefficient (Wildman–Crippen LogP) is 0.825. The first kappa shape index (κ1) is 15.1. The van der Waals surface area contributed by atoms with Crippen LogP contribution in [-0.2, 0) is 31.0 Å². The van der Waals surface area contributed by atoms with Crippen LogP contribution in [0.25, 0.3) is 0 Å². The van der Waals surface area contributed by atoms with Gasteiger partial charge in [-0.25, -0.2) is 0 Å². The van der Waals surface area contributed by atoms with E-state index < -0.39 is 16.9 Å². The molecule has 6 heteroatoms. The average molecular weight is 326 g/mol. The molecule has 24 heavy (non-hydrogen) atoms. The molecule has 0 bridgehead atoms. The van der Waals surface area contributed by atoms with E-state index in [0.29, 0.717) is 6.42 Å². The third-order valence-corrected chi connectivity index (χ3v) is 5.74. The second kappa shape index (κ2) is 4.75. The Morgan fingerprint density at radius 3 is 2.54 bits per heavy atom. The predicted molar refractivity (Wildman–Crippen MR) is 83.7 cm³/mol. The summed E-state index contributed by atoms with van der Waals surface area (Å²) in [4.78, 5) is 50.9. The number of aryl methyl sites for hydroxylation is 1. The highest BCUT2D eigenvalue weighted by Crippen LogP contribution is 2.49. The largest absolute Gasteiger partial charge is 0.294 e. The molecule has 1 aromatic rings.